The van der Waals surface area contributed by atoms with Crippen LogP contribution in [0.4, 0.5) is 14.4 Å². The number of carbonyl (C=O) groups is 9. The summed E-state index contributed by atoms with van der Waals surface area (Å²) in [6, 6.07) is 42.5. The van der Waals surface area contributed by atoms with Crippen molar-refractivity contribution in [2.24, 2.45) is 47.0 Å². The molecular formula is C106H155N11O18S3Si2. The lowest BCUT2D eigenvalue weighted by Gasteiger charge is -2.36. The van der Waals surface area contributed by atoms with Crippen molar-refractivity contribution in [3.63, 3.8) is 0 Å². The van der Waals surface area contributed by atoms with Crippen molar-refractivity contribution in [3.8, 4) is 28.7 Å². The van der Waals surface area contributed by atoms with E-state index in [0.717, 1.165) is 85.1 Å². The number of nitrogens with two attached hydrogens (primary N) is 2. The van der Waals surface area contributed by atoms with Crippen LogP contribution < -0.4 is 36.3 Å². The van der Waals surface area contributed by atoms with Crippen LogP contribution in [0.25, 0.3) is 0 Å². The maximum atomic E-state index is 12.6. The van der Waals surface area contributed by atoms with Crippen LogP contribution in [-0.4, -0.2) is 181 Å². The second-order valence-electron chi connectivity index (χ2n) is 40.0. The summed E-state index contributed by atoms with van der Waals surface area (Å²) >= 11 is 4.79. The van der Waals surface area contributed by atoms with Crippen molar-refractivity contribution in [1.82, 2.24) is 45.6 Å². The van der Waals surface area contributed by atoms with Gasteiger partial charge >= 0.3 is 42.0 Å². The Bertz CT molecular complexity index is 5130. The lowest BCUT2D eigenvalue weighted by atomic mass is 10.0. The van der Waals surface area contributed by atoms with Crippen molar-refractivity contribution < 1.29 is 86.6 Å². The fourth-order valence-electron chi connectivity index (χ4n) is 13.0. The number of rotatable bonds is 37. The Kier molecular flexibility index (Phi) is 49.3. The molecule has 6 aromatic carbocycles. The third kappa shape index (κ3) is 42.0. The summed E-state index contributed by atoms with van der Waals surface area (Å²) in [5, 5.41) is 53.6. The number of primary amides is 2. The van der Waals surface area contributed by atoms with Gasteiger partial charge in [0, 0.05) is 66.9 Å². The van der Waals surface area contributed by atoms with Gasteiger partial charge in [-0.05, 0) is 194 Å². The molecule has 0 aliphatic rings. The number of aryl methyl sites for hydroxylation is 1. The predicted octanol–water partition coefficient (Wildman–Crippen LogP) is 20.3. The highest BCUT2D eigenvalue weighted by molar-refractivity contribution is 7.10. The molecule has 0 spiro atoms. The van der Waals surface area contributed by atoms with E-state index in [1.54, 1.807) is 130 Å². The first kappa shape index (κ1) is 121. The number of benzene rings is 6. The van der Waals surface area contributed by atoms with E-state index in [-0.39, 0.29) is 105 Å². The number of carbonyl (C=O) groups excluding carboxylic acids is 8. The first-order valence-corrected chi connectivity index (χ1v) is 55.6. The number of methoxy groups -OCH3 is 3. The first-order valence-electron chi connectivity index (χ1n) is 47.2. The standard InChI is InChI=1S/C27H43N3O4SSi.C22H31N3O3S.C21H29N3O4S.C16H27NO2Si.C10H13NO2.C10H12O3/c1-18(2)23(25(31)33-8)29-26(32)30(7)16-21-17-35-24(28-21)19(3)15-20-11-13-22(14-12-20)34-36(9,10)27(4,5)6;1-14(2)19(21(26)28-6)24-22(27)25(5)12-18-13-29-20(23-18)16(4)11-17-9-7-15(3)8-10-17;1-13(2)18(20(26)28-5)23-21(27)24(4)11-16-12-29-19(22-16)14(3)10-15-6-8-17(25)9-7-15;1-12(15(17)18)11-13-7-9-14(10-8-13)19-20(5,6)16(2,3)4;1-7(10(11)13)6-8-2-4-9(12)5-3-8;1-7(10(12)13)6-8-2-4-9(11)5-3-8/h11-14,17-19,23H,15-16H2,1-10H3,(H,29,32);7-10,13-14,16,19H,11-12H2,1-6H3,(H,24,27);6-9,12-14,18,25H,10-11H2,1-5H3,(H,23,27);7-10,12H,11H2,1-6H3,(H2,17,18);2-5,7,12H,6H2,1H3,(H2,11,13);2-5,7,11H,6H2,1H3,(H,12,13)/t19?,23-;16?,19-;14?,18-;;;/m000.../s1. The van der Waals surface area contributed by atoms with Crippen LogP contribution >= 0.6 is 34.0 Å². The van der Waals surface area contributed by atoms with Gasteiger partial charge < -0.3 is 85.6 Å². The third-order valence-corrected chi connectivity index (χ3v) is 36.3. The SMILES string of the molecule is CC(Cc1ccc(O)cc1)C(=O)O.CC(Cc1ccc(O)cc1)C(N)=O.CC(Cc1ccc(O[Si](C)(C)C(C)(C)C)cc1)C(N)=O.COC(=O)[C@@H](NC(=O)N(C)Cc1csc(C(C)Cc2ccc(C)cc2)n1)C(C)C.COC(=O)[C@@H](NC(=O)N(C)Cc1csc(C(C)Cc2ccc(O)cc2)n1)C(C)C.COC(=O)[C@@H](NC(=O)N(C)Cc1csc(C(C)Cc2ccc(O[Si](C)(C)C(C)(C)C)cc2)n1)C(C)C. The van der Waals surface area contributed by atoms with E-state index in [1.165, 1.54) is 52.7 Å². The molecule has 0 fully saturated rings. The fraction of sp³-hybridized carbons (Fsp3) is 0.491. The van der Waals surface area contributed by atoms with E-state index in [9.17, 15) is 48.3 Å². The minimum absolute atomic E-state index is 0.0618. The number of nitrogens with one attached hydrogen (secondary N) is 3. The first-order chi connectivity index (χ1) is 65.3. The van der Waals surface area contributed by atoms with Crippen molar-refractivity contribution in [2.75, 3.05) is 42.5 Å². The molecule has 9 rings (SSSR count). The molecule has 140 heavy (non-hydrogen) atoms. The second-order valence-corrected chi connectivity index (χ2v) is 52.1. The molecule has 8 amide bonds. The molecule has 3 aromatic heterocycles. The number of carboxylic acid groups (broad SMARTS) is 1. The zero-order valence-electron chi connectivity index (χ0n) is 87.4. The minimum Gasteiger partial charge on any atom is -0.544 e. The molecule has 0 radical (unpaired) electrons. The zero-order valence-corrected chi connectivity index (χ0v) is 91.9. The van der Waals surface area contributed by atoms with Gasteiger partial charge in [0.25, 0.3) is 0 Å². The van der Waals surface area contributed by atoms with Gasteiger partial charge in [0.1, 0.15) is 46.9 Å². The lowest BCUT2D eigenvalue weighted by Crippen LogP contribution is -2.49. The highest BCUT2D eigenvalue weighted by Gasteiger charge is 2.41. The van der Waals surface area contributed by atoms with Gasteiger partial charge in [-0.25, -0.2) is 43.7 Å². The van der Waals surface area contributed by atoms with Crippen LogP contribution in [0.15, 0.2) is 162 Å². The summed E-state index contributed by atoms with van der Waals surface area (Å²) in [7, 11) is 5.37. The second kappa shape index (κ2) is 57.3. The Morgan fingerprint density at radius 2 is 0.593 bits per heavy atom. The molecular weight excluding hydrogens is 1870 g/mol. The van der Waals surface area contributed by atoms with Gasteiger partial charge in [-0.1, -0.05) is 215 Å². The van der Waals surface area contributed by atoms with Crippen LogP contribution in [-0.2, 0) is 101 Å². The van der Waals surface area contributed by atoms with E-state index in [2.05, 4.69) is 165 Å². The number of aliphatic carboxylic acids is 1. The van der Waals surface area contributed by atoms with Gasteiger partial charge in [-0.3, -0.25) is 14.4 Å². The number of aromatic nitrogens is 3. The average Bonchev–Trinajstić information content (AvgIpc) is 0.891. The number of phenols is 3. The summed E-state index contributed by atoms with van der Waals surface area (Å²) in [5.41, 5.74) is 20.8. The Morgan fingerprint density at radius 3 is 0.807 bits per heavy atom. The summed E-state index contributed by atoms with van der Waals surface area (Å²) < 4.78 is 27.0. The van der Waals surface area contributed by atoms with Gasteiger partial charge in [-0.15, -0.1) is 34.0 Å². The number of nitrogens with zero attached hydrogens (tertiary/aromatic N) is 6. The molecule has 768 valence electrons. The highest BCUT2D eigenvalue weighted by Crippen LogP contribution is 2.40. The van der Waals surface area contributed by atoms with Gasteiger partial charge in [0.15, 0.2) is 0 Å². The Balaban J connectivity index is 0.000000363. The van der Waals surface area contributed by atoms with Crippen molar-refractivity contribution in [3.05, 3.63) is 233 Å². The topological polar surface area (TPSA) is 417 Å². The predicted molar refractivity (Wildman–Crippen MR) is 563 cm³/mol. The van der Waals surface area contributed by atoms with Crippen molar-refractivity contribution >= 4 is 104 Å². The van der Waals surface area contributed by atoms with E-state index in [1.807, 2.05) is 101 Å². The Morgan fingerprint density at radius 1 is 0.371 bits per heavy atom. The largest absolute Gasteiger partial charge is 0.544 e. The van der Waals surface area contributed by atoms with Crippen LogP contribution in [0.5, 0.6) is 28.7 Å². The summed E-state index contributed by atoms with van der Waals surface area (Å²) in [6.07, 6.45) is 4.41. The Hall–Kier alpha value is -11.7. The third-order valence-electron chi connectivity index (χ3n) is 24.2. The van der Waals surface area contributed by atoms with Crippen LogP contribution in [0.3, 0.4) is 0 Å². The molecule has 29 nitrogen and oxygen atoms in total. The number of urea groups is 3. The number of esters is 3. The monoisotopic (exact) mass is 2020 g/mol. The van der Waals surface area contributed by atoms with Crippen LogP contribution in [0.1, 0.15) is 213 Å². The maximum absolute atomic E-state index is 12.6. The van der Waals surface area contributed by atoms with Gasteiger partial charge in [0.05, 0.1) is 79.0 Å². The molecule has 0 saturated heterocycles. The number of carboxylic acids is 1. The number of hydrogen-bond donors (Lipinski definition) is 9. The molecule has 9 atom stereocenters. The average molecular weight is 2020 g/mol. The van der Waals surface area contributed by atoms with Crippen LogP contribution in [0.2, 0.25) is 36.3 Å². The highest BCUT2D eigenvalue weighted by atomic mass is 32.1. The van der Waals surface area contributed by atoms with Crippen LogP contribution in [0, 0.1) is 42.4 Å². The summed E-state index contributed by atoms with van der Waals surface area (Å²) in [5.74, 6) is -0.289. The normalized spacial score (nSPS) is 13.2. The lowest BCUT2D eigenvalue weighted by molar-refractivity contribution is -0.144. The van der Waals surface area contributed by atoms with Gasteiger partial charge in [-0.2, -0.15) is 0 Å². The van der Waals surface area contributed by atoms with Gasteiger partial charge in [0.2, 0.25) is 28.4 Å². The number of amides is 8. The molecule has 9 aromatic rings. The zero-order chi connectivity index (χ0) is 106. The number of thiazole rings is 3. The quantitative estimate of drug-likeness (QED) is 0.00992. The van der Waals surface area contributed by atoms with E-state index in [0.29, 0.717) is 44.8 Å². The number of aromatic hydroxyl groups is 3. The number of phenolic OH excluding ortho intramolecular Hbond substituents is 3. The fourth-order valence-corrected chi connectivity index (χ4v) is 17.7. The molecule has 34 heteroatoms. The molecule has 6 unspecified atom stereocenters. The molecule has 0 aliphatic carbocycles. The summed E-state index contributed by atoms with van der Waals surface area (Å²) in [6.45, 7) is 48.5. The van der Waals surface area contributed by atoms with Crippen molar-refractivity contribution in [1.29, 1.82) is 0 Å². The number of hydrogen-bond acceptors (Lipinski definition) is 23. The minimum atomic E-state index is -1.85. The van der Waals surface area contributed by atoms with E-state index in [4.69, 9.17) is 59.8 Å². The molecule has 11 N–H and O–H groups in total. The van der Waals surface area contributed by atoms with E-state index >= 15 is 0 Å². The molecule has 3 heterocycles. The number of ether oxygens (including phenoxy) is 3. The molecule has 0 bridgehead atoms. The smallest absolute Gasteiger partial charge is 0.328 e. The molecule has 0 aliphatic heterocycles. The van der Waals surface area contributed by atoms with E-state index < -0.39 is 58.6 Å². The molecule has 0 saturated carbocycles. The Labute approximate surface area is 844 Å². The maximum Gasteiger partial charge on any atom is 0.328 e. The van der Waals surface area contributed by atoms with Crippen molar-refractivity contribution in [2.45, 2.75) is 262 Å². The summed E-state index contributed by atoms with van der Waals surface area (Å²) in [4.78, 5) is 124.